The molecule has 4 rings (SSSR count). The molecule has 0 aliphatic heterocycles. The monoisotopic (exact) mass is 440 g/mol. The van der Waals surface area contributed by atoms with E-state index in [1.54, 1.807) is 0 Å². The van der Waals surface area contributed by atoms with E-state index < -0.39 is 0 Å². The zero-order valence-electron chi connectivity index (χ0n) is 14.4. The fraction of sp³-hybridized carbons (Fsp3) is 0.700. The Bertz CT molecular complexity index is 633. The van der Waals surface area contributed by atoms with E-state index in [9.17, 15) is 10.2 Å². The largest absolute Gasteiger partial charge is 0.508 e. The number of ether oxygens (including phenoxy) is 1. The number of aromatic hydroxyl groups is 1. The van der Waals surface area contributed by atoms with Crippen molar-refractivity contribution in [3.63, 3.8) is 0 Å². The van der Waals surface area contributed by atoms with Crippen molar-refractivity contribution < 1.29 is 14.9 Å². The van der Waals surface area contributed by atoms with Gasteiger partial charge in [-0.25, -0.2) is 0 Å². The van der Waals surface area contributed by atoms with E-state index in [1.807, 2.05) is 12.1 Å². The van der Waals surface area contributed by atoms with E-state index in [0.717, 1.165) is 25.7 Å². The summed E-state index contributed by atoms with van der Waals surface area (Å²) in [4.78, 5) is 0. The highest BCUT2D eigenvalue weighted by molar-refractivity contribution is 14.1. The molecule has 2 fully saturated rings. The topological polar surface area (TPSA) is 49.7 Å². The highest BCUT2D eigenvalue weighted by atomic mass is 125. The molecule has 7 atom stereocenters. The molecule has 0 spiro atoms. The maximum Gasteiger partial charge on any atom is 0.115 e. The van der Waals surface area contributed by atoms with Gasteiger partial charge in [-0.3, -0.25) is 0 Å². The van der Waals surface area contributed by atoms with E-state index in [-0.39, 0.29) is 17.6 Å². The van der Waals surface area contributed by atoms with Gasteiger partial charge >= 0.3 is 0 Å². The Balaban J connectivity index is 1.77. The molecule has 0 heterocycles. The highest BCUT2D eigenvalue weighted by Crippen LogP contribution is 2.62. The summed E-state index contributed by atoms with van der Waals surface area (Å²) in [5.41, 5.74) is 2.63. The second kappa shape index (κ2) is 6.13. The summed E-state index contributed by atoms with van der Waals surface area (Å²) in [6, 6.07) is 5.87. The first kappa shape index (κ1) is 17.1. The number of phenols is 1. The number of aliphatic hydroxyl groups excluding tert-OH is 1. The molecule has 0 unspecified atom stereocenters. The third-order valence-electron chi connectivity index (χ3n) is 6.98. The van der Waals surface area contributed by atoms with Crippen molar-refractivity contribution >= 4 is 22.6 Å². The van der Waals surface area contributed by atoms with Crippen molar-refractivity contribution in [1.29, 1.82) is 0 Å². The van der Waals surface area contributed by atoms with Crippen LogP contribution in [0.1, 0.15) is 50.2 Å². The molecule has 24 heavy (non-hydrogen) atoms. The van der Waals surface area contributed by atoms with Gasteiger partial charge in [0.05, 0.1) is 12.2 Å². The van der Waals surface area contributed by atoms with Gasteiger partial charge in [0, 0.05) is 21.9 Å². The number of aliphatic hydroxyl groups is 1. The zero-order valence-corrected chi connectivity index (χ0v) is 16.6. The Morgan fingerprint density at radius 1 is 1.38 bits per heavy atom. The Hall–Kier alpha value is -0.330. The summed E-state index contributed by atoms with van der Waals surface area (Å²) in [5, 5.41) is 20.7. The lowest BCUT2D eigenvalue weighted by Gasteiger charge is -2.53. The van der Waals surface area contributed by atoms with Gasteiger partial charge in [-0.2, -0.15) is 0 Å². The number of hydrogen-bond acceptors (Lipinski definition) is 3. The van der Waals surface area contributed by atoms with Crippen molar-refractivity contribution in [2.24, 2.45) is 17.3 Å². The highest BCUT2D eigenvalue weighted by Gasteiger charge is 2.60. The predicted octanol–water partition coefficient (Wildman–Crippen LogP) is 4.04. The van der Waals surface area contributed by atoms with Gasteiger partial charge in [0.25, 0.3) is 0 Å². The third-order valence-corrected chi connectivity index (χ3v) is 8.17. The van der Waals surface area contributed by atoms with Crippen LogP contribution in [0.2, 0.25) is 0 Å². The number of aryl methyl sites for hydroxylation is 1. The van der Waals surface area contributed by atoms with Crippen LogP contribution in [0.15, 0.2) is 18.2 Å². The van der Waals surface area contributed by atoms with Crippen molar-refractivity contribution in [2.75, 3.05) is 6.61 Å². The molecule has 4 heteroatoms. The molecule has 0 aromatic heterocycles. The van der Waals surface area contributed by atoms with Crippen molar-refractivity contribution in [1.82, 2.24) is 0 Å². The maximum atomic E-state index is 10.9. The zero-order chi connectivity index (χ0) is 17.1. The number of fused-ring (bicyclic) bond motifs is 5. The van der Waals surface area contributed by atoms with Crippen LogP contribution in [-0.2, 0) is 11.2 Å². The van der Waals surface area contributed by atoms with Gasteiger partial charge < -0.3 is 14.9 Å². The van der Waals surface area contributed by atoms with E-state index in [2.05, 4.69) is 42.5 Å². The number of benzene rings is 1. The average Bonchev–Trinajstić information content (AvgIpc) is 2.78. The van der Waals surface area contributed by atoms with E-state index >= 15 is 0 Å². The standard InChI is InChI=1S/C20H27IO3/c1-3-24-17-10-20(2)15(9-16(21)19(20)23)14-6-4-11-8-12(22)5-7-13(11)18(14)17/h5,7-8,14-19,22-23H,3-4,6,9-10H2,1-2H3/t14-,15-,16+,17-,18+,19-,20-/m0/s1/i21-2. The molecule has 3 aliphatic rings. The second-order valence-electron chi connectivity index (χ2n) is 8.12. The molecule has 0 radical (unpaired) electrons. The molecule has 0 amide bonds. The third kappa shape index (κ3) is 2.43. The van der Waals surface area contributed by atoms with E-state index in [4.69, 9.17) is 4.74 Å². The summed E-state index contributed by atoms with van der Waals surface area (Å²) >= 11 is 2.45. The van der Waals surface area contributed by atoms with Crippen LogP contribution in [0.3, 0.4) is 0 Å². The van der Waals surface area contributed by atoms with Crippen LogP contribution < -0.4 is 0 Å². The molecule has 0 bridgehead atoms. The van der Waals surface area contributed by atoms with Gasteiger partial charge in [-0.1, -0.05) is 35.6 Å². The molecule has 3 nitrogen and oxygen atoms in total. The fourth-order valence-electron chi connectivity index (χ4n) is 5.94. The molecule has 1 aromatic rings. The van der Waals surface area contributed by atoms with Crippen LogP contribution in [0.25, 0.3) is 0 Å². The van der Waals surface area contributed by atoms with E-state index in [0.29, 0.717) is 34.0 Å². The number of halogens is 1. The van der Waals surface area contributed by atoms with Gasteiger partial charge in [0.15, 0.2) is 0 Å². The lowest BCUT2D eigenvalue weighted by molar-refractivity contribution is -0.102. The van der Waals surface area contributed by atoms with Crippen molar-refractivity contribution in [3.05, 3.63) is 29.3 Å². The summed E-state index contributed by atoms with van der Waals surface area (Å²) in [6.07, 6.45) is 4.16. The summed E-state index contributed by atoms with van der Waals surface area (Å²) in [6.45, 7) is 5.07. The molecule has 2 saturated carbocycles. The minimum atomic E-state index is -0.228. The average molecular weight is 440 g/mol. The number of alkyl halides is 1. The summed E-state index contributed by atoms with van der Waals surface area (Å²) < 4.78 is 6.57. The fourth-order valence-corrected chi connectivity index (χ4v) is 7.31. The second-order valence-corrected chi connectivity index (χ2v) is 9.72. The van der Waals surface area contributed by atoms with Gasteiger partial charge in [0.1, 0.15) is 5.75 Å². The lowest BCUT2D eigenvalue weighted by Crippen LogP contribution is -2.51. The molecule has 132 valence electrons. The number of rotatable bonds is 2. The molecular weight excluding hydrogens is 413 g/mol. The van der Waals surface area contributed by atoms with Crippen LogP contribution >= 0.6 is 22.6 Å². The maximum absolute atomic E-state index is 10.9. The molecule has 1 aromatic carbocycles. The smallest absolute Gasteiger partial charge is 0.115 e. The predicted molar refractivity (Wildman–Crippen MR) is 103 cm³/mol. The van der Waals surface area contributed by atoms with Gasteiger partial charge in [-0.05, 0) is 67.7 Å². The van der Waals surface area contributed by atoms with Crippen molar-refractivity contribution in [2.45, 2.75) is 61.6 Å². The molecule has 3 aliphatic carbocycles. The first-order chi connectivity index (χ1) is 11.5. The Labute approximate surface area is 157 Å². The normalized spacial score (nSPS) is 43.8. The summed E-state index contributed by atoms with van der Waals surface area (Å²) in [5.74, 6) is 1.91. The van der Waals surface area contributed by atoms with Crippen LogP contribution in [0.5, 0.6) is 5.75 Å². The lowest BCUT2D eigenvalue weighted by atomic mass is 9.54. The summed E-state index contributed by atoms with van der Waals surface area (Å²) in [7, 11) is 0. The van der Waals surface area contributed by atoms with Crippen LogP contribution in [-0.4, -0.2) is 33.0 Å². The number of phenolic OH excluding ortho intramolecular Hbond substituents is 1. The van der Waals surface area contributed by atoms with Crippen LogP contribution in [0, 0.1) is 17.3 Å². The van der Waals surface area contributed by atoms with Gasteiger partial charge in [-0.15, -0.1) is 0 Å². The molecule has 2 N–H and O–H groups in total. The minimum Gasteiger partial charge on any atom is -0.508 e. The van der Waals surface area contributed by atoms with E-state index in [1.165, 1.54) is 11.1 Å². The Morgan fingerprint density at radius 3 is 2.92 bits per heavy atom. The molecule has 0 saturated heterocycles. The first-order valence-electron chi connectivity index (χ1n) is 9.21. The Kier molecular flexibility index (Phi) is 4.37. The van der Waals surface area contributed by atoms with Crippen molar-refractivity contribution in [3.8, 4) is 5.75 Å². The first-order valence-corrected chi connectivity index (χ1v) is 10.5. The van der Waals surface area contributed by atoms with Gasteiger partial charge in [0.2, 0.25) is 0 Å². The number of hydrogen-bond donors (Lipinski definition) is 2. The quantitative estimate of drug-likeness (QED) is 0.539. The molecular formula is C20H27IO3. The van der Waals surface area contributed by atoms with Crippen LogP contribution in [0.4, 0.5) is 0 Å². The minimum absolute atomic E-state index is 0.0265. The Morgan fingerprint density at radius 2 is 2.17 bits per heavy atom. The SMILES string of the molecule is CCO[C@H]1C[C@]2(C)[C@@H](O)[C@H]([125I])C[C@H]2[C@@H]2CCc3cc(O)ccc3[C@H]21.